The smallest absolute Gasteiger partial charge is 0.335 e. The SMILES string of the molecule is CCc1[nH]c(C(=O)N[C@H]2CC[C@@H](c3cccc(C(=O)O)c3)CC2)nc1Cl. The van der Waals surface area contributed by atoms with Gasteiger partial charge in [0, 0.05) is 6.04 Å². The van der Waals surface area contributed by atoms with Gasteiger partial charge in [-0.1, -0.05) is 30.7 Å². The Balaban J connectivity index is 1.57. The van der Waals surface area contributed by atoms with Crippen LogP contribution in [-0.2, 0) is 6.42 Å². The van der Waals surface area contributed by atoms with Crippen LogP contribution in [0.5, 0.6) is 0 Å². The molecule has 0 atom stereocenters. The number of aromatic amines is 1. The lowest BCUT2D eigenvalue weighted by atomic mass is 9.81. The Hall–Kier alpha value is -2.34. The molecule has 138 valence electrons. The minimum atomic E-state index is -0.906. The van der Waals surface area contributed by atoms with E-state index in [-0.39, 0.29) is 17.8 Å². The summed E-state index contributed by atoms with van der Waals surface area (Å²) in [5, 5.41) is 12.5. The fourth-order valence-corrected chi connectivity index (χ4v) is 3.75. The van der Waals surface area contributed by atoms with Gasteiger partial charge in [0.15, 0.2) is 11.0 Å². The standard InChI is InChI=1S/C19H22ClN3O3/c1-2-15-16(20)23-17(22-15)18(24)21-14-8-6-11(7-9-14)12-4-3-5-13(10-12)19(25)26/h3-5,10-11,14H,2,6-9H2,1H3,(H,21,24)(H,22,23)(H,25,26)/t11-,14+. The number of carboxylic acid groups (broad SMARTS) is 1. The zero-order valence-corrected chi connectivity index (χ0v) is 15.3. The van der Waals surface area contributed by atoms with E-state index in [4.69, 9.17) is 16.7 Å². The third-order valence-corrected chi connectivity index (χ3v) is 5.28. The minimum Gasteiger partial charge on any atom is -0.478 e. The Morgan fingerprint density at radius 2 is 2.04 bits per heavy atom. The molecule has 1 aromatic carbocycles. The number of aromatic carboxylic acids is 1. The number of nitrogens with one attached hydrogen (secondary N) is 2. The highest BCUT2D eigenvalue weighted by Crippen LogP contribution is 2.33. The van der Waals surface area contributed by atoms with Gasteiger partial charge in [-0.3, -0.25) is 4.79 Å². The van der Waals surface area contributed by atoms with Gasteiger partial charge in [-0.05, 0) is 55.7 Å². The van der Waals surface area contributed by atoms with Crippen LogP contribution in [0.2, 0.25) is 5.15 Å². The van der Waals surface area contributed by atoms with Crippen LogP contribution in [0, 0.1) is 0 Å². The van der Waals surface area contributed by atoms with Gasteiger partial charge in [0.25, 0.3) is 5.91 Å². The first-order chi connectivity index (χ1) is 12.5. The molecule has 0 bridgehead atoms. The summed E-state index contributed by atoms with van der Waals surface area (Å²) in [6, 6.07) is 7.22. The summed E-state index contributed by atoms with van der Waals surface area (Å²) in [7, 11) is 0. The molecule has 1 amide bonds. The number of carbonyl (C=O) groups excluding carboxylic acids is 1. The largest absolute Gasteiger partial charge is 0.478 e. The molecule has 7 heteroatoms. The molecule has 1 aliphatic carbocycles. The second-order valence-electron chi connectivity index (χ2n) is 6.66. The predicted molar refractivity (Wildman–Crippen MR) is 98.8 cm³/mol. The zero-order valence-electron chi connectivity index (χ0n) is 14.6. The molecule has 1 saturated carbocycles. The second kappa shape index (κ2) is 7.91. The van der Waals surface area contributed by atoms with Crippen molar-refractivity contribution in [3.63, 3.8) is 0 Å². The average molecular weight is 376 g/mol. The molecule has 3 rings (SSSR count). The Labute approximate surface area is 157 Å². The van der Waals surface area contributed by atoms with E-state index >= 15 is 0 Å². The van der Waals surface area contributed by atoms with Crippen LogP contribution in [0.25, 0.3) is 0 Å². The number of aromatic nitrogens is 2. The van der Waals surface area contributed by atoms with Crippen molar-refractivity contribution >= 4 is 23.5 Å². The molecule has 1 heterocycles. The number of carboxylic acids is 1. The van der Waals surface area contributed by atoms with Gasteiger partial charge >= 0.3 is 5.97 Å². The van der Waals surface area contributed by atoms with Gasteiger partial charge < -0.3 is 15.4 Å². The molecule has 26 heavy (non-hydrogen) atoms. The summed E-state index contributed by atoms with van der Waals surface area (Å²) in [6.07, 6.45) is 4.21. The van der Waals surface area contributed by atoms with Crippen LogP contribution in [0.1, 0.15) is 70.8 Å². The van der Waals surface area contributed by atoms with Gasteiger partial charge in [0.2, 0.25) is 0 Å². The van der Waals surface area contributed by atoms with Crippen molar-refractivity contribution in [1.82, 2.24) is 15.3 Å². The Morgan fingerprint density at radius 3 is 2.65 bits per heavy atom. The van der Waals surface area contributed by atoms with E-state index in [1.807, 2.05) is 13.0 Å². The molecule has 6 nitrogen and oxygen atoms in total. The van der Waals surface area contributed by atoms with Crippen molar-refractivity contribution in [2.75, 3.05) is 0 Å². The van der Waals surface area contributed by atoms with E-state index in [0.717, 1.165) is 36.9 Å². The van der Waals surface area contributed by atoms with Crippen LogP contribution in [-0.4, -0.2) is 33.0 Å². The number of rotatable bonds is 5. The molecule has 1 aromatic heterocycles. The van der Waals surface area contributed by atoms with Crippen LogP contribution in [0.15, 0.2) is 24.3 Å². The van der Waals surface area contributed by atoms with Crippen LogP contribution in [0.4, 0.5) is 0 Å². The molecular formula is C19H22ClN3O3. The van der Waals surface area contributed by atoms with E-state index in [1.54, 1.807) is 18.2 Å². The van der Waals surface area contributed by atoms with Crippen molar-refractivity contribution in [3.05, 3.63) is 52.1 Å². The van der Waals surface area contributed by atoms with Crippen molar-refractivity contribution in [1.29, 1.82) is 0 Å². The molecule has 2 aromatic rings. The maximum absolute atomic E-state index is 12.3. The first-order valence-corrected chi connectivity index (χ1v) is 9.24. The van der Waals surface area contributed by atoms with E-state index < -0.39 is 5.97 Å². The highest BCUT2D eigenvalue weighted by Gasteiger charge is 2.25. The van der Waals surface area contributed by atoms with E-state index in [0.29, 0.717) is 23.1 Å². The Kier molecular flexibility index (Phi) is 5.61. The third kappa shape index (κ3) is 4.07. The number of nitrogens with zero attached hydrogens (tertiary/aromatic N) is 1. The lowest BCUT2D eigenvalue weighted by Gasteiger charge is -2.29. The highest BCUT2D eigenvalue weighted by atomic mass is 35.5. The molecule has 1 aliphatic rings. The summed E-state index contributed by atoms with van der Waals surface area (Å²) in [6.45, 7) is 1.95. The molecule has 1 fully saturated rings. The van der Waals surface area contributed by atoms with Crippen molar-refractivity contribution in [2.45, 2.75) is 51.0 Å². The number of halogens is 1. The number of carbonyl (C=O) groups is 2. The number of aryl methyl sites for hydroxylation is 1. The molecule has 0 saturated heterocycles. The Bertz CT molecular complexity index is 810. The highest BCUT2D eigenvalue weighted by molar-refractivity contribution is 6.30. The first kappa shape index (κ1) is 18.5. The minimum absolute atomic E-state index is 0.0929. The Morgan fingerprint density at radius 1 is 1.31 bits per heavy atom. The van der Waals surface area contributed by atoms with Crippen LogP contribution in [0.3, 0.4) is 0 Å². The van der Waals surface area contributed by atoms with Gasteiger partial charge in [-0.2, -0.15) is 0 Å². The number of hydrogen-bond donors (Lipinski definition) is 3. The summed E-state index contributed by atoms with van der Waals surface area (Å²) in [5.41, 5.74) is 2.14. The fourth-order valence-electron chi connectivity index (χ4n) is 3.48. The van der Waals surface area contributed by atoms with Gasteiger partial charge in [0.05, 0.1) is 11.3 Å². The maximum Gasteiger partial charge on any atom is 0.335 e. The molecule has 0 radical (unpaired) electrons. The normalized spacial score (nSPS) is 19.9. The summed E-state index contributed by atoms with van der Waals surface area (Å²) in [4.78, 5) is 30.5. The lowest BCUT2D eigenvalue weighted by Crippen LogP contribution is -2.37. The molecular weight excluding hydrogens is 354 g/mol. The van der Waals surface area contributed by atoms with E-state index in [2.05, 4.69) is 15.3 Å². The van der Waals surface area contributed by atoms with Crippen LogP contribution < -0.4 is 5.32 Å². The number of amides is 1. The van der Waals surface area contributed by atoms with Crippen molar-refractivity contribution in [3.8, 4) is 0 Å². The third-order valence-electron chi connectivity index (χ3n) is 4.96. The molecule has 0 aliphatic heterocycles. The molecule has 0 spiro atoms. The number of benzene rings is 1. The number of hydrogen-bond acceptors (Lipinski definition) is 3. The average Bonchev–Trinajstić information content (AvgIpc) is 3.03. The molecule has 3 N–H and O–H groups in total. The number of H-pyrrole nitrogens is 1. The summed E-state index contributed by atoms with van der Waals surface area (Å²) < 4.78 is 0. The lowest BCUT2D eigenvalue weighted by molar-refractivity contribution is 0.0696. The zero-order chi connectivity index (χ0) is 18.7. The summed E-state index contributed by atoms with van der Waals surface area (Å²) in [5.74, 6) is -0.561. The number of imidazole rings is 1. The van der Waals surface area contributed by atoms with Crippen LogP contribution >= 0.6 is 11.6 Å². The summed E-state index contributed by atoms with van der Waals surface area (Å²) >= 11 is 5.99. The predicted octanol–water partition coefficient (Wildman–Crippen LogP) is 3.78. The molecule has 0 unspecified atom stereocenters. The van der Waals surface area contributed by atoms with Crippen molar-refractivity contribution in [2.24, 2.45) is 0 Å². The topological polar surface area (TPSA) is 95.1 Å². The van der Waals surface area contributed by atoms with Gasteiger partial charge in [0.1, 0.15) is 0 Å². The van der Waals surface area contributed by atoms with Crippen molar-refractivity contribution < 1.29 is 14.7 Å². The van der Waals surface area contributed by atoms with E-state index in [1.165, 1.54) is 0 Å². The second-order valence-corrected chi connectivity index (χ2v) is 7.02. The fraction of sp³-hybridized carbons (Fsp3) is 0.421. The maximum atomic E-state index is 12.3. The monoisotopic (exact) mass is 375 g/mol. The van der Waals surface area contributed by atoms with Gasteiger partial charge in [-0.15, -0.1) is 0 Å². The van der Waals surface area contributed by atoms with Gasteiger partial charge in [-0.25, -0.2) is 9.78 Å². The quantitative estimate of drug-likeness (QED) is 0.741. The van der Waals surface area contributed by atoms with E-state index in [9.17, 15) is 9.59 Å². The first-order valence-electron chi connectivity index (χ1n) is 8.86.